The molecule has 5 heteroatoms. The van der Waals surface area contributed by atoms with Crippen molar-refractivity contribution >= 4 is 5.91 Å². The molecular formula is C30H38N2O3. The van der Waals surface area contributed by atoms with E-state index in [1.807, 2.05) is 36.5 Å². The highest BCUT2D eigenvalue weighted by Crippen LogP contribution is 2.34. The second-order valence-corrected chi connectivity index (χ2v) is 9.03. The molecule has 3 aromatic rings. The van der Waals surface area contributed by atoms with E-state index in [9.17, 15) is 4.79 Å². The highest BCUT2D eigenvalue weighted by Gasteiger charge is 2.15. The van der Waals surface area contributed by atoms with Crippen LogP contribution in [0.3, 0.4) is 0 Å². The topological polar surface area (TPSA) is 60.5 Å². The highest BCUT2D eigenvalue weighted by atomic mass is 16.5. The Morgan fingerprint density at radius 1 is 0.971 bits per heavy atom. The zero-order chi connectivity index (χ0) is 25.0. The maximum absolute atomic E-state index is 13.0. The fourth-order valence-electron chi connectivity index (χ4n) is 4.33. The predicted molar refractivity (Wildman–Crippen MR) is 142 cm³/mol. The molecular weight excluding hydrogens is 436 g/mol. The number of benzene rings is 2. The zero-order valence-electron chi connectivity index (χ0n) is 21.5. The van der Waals surface area contributed by atoms with Gasteiger partial charge in [0.1, 0.15) is 0 Å². The van der Waals surface area contributed by atoms with E-state index in [-0.39, 0.29) is 11.9 Å². The van der Waals surface area contributed by atoms with Gasteiger partial charge in [0, 0.05) is 24.0 Å². The number of rotatable bonds is 13. The Kier molecular flexibility index (Phi) is 10.1. The molecule has 0 saturated heterocycles. The minimum atomic E-state index is -0.0190. The van der Waals surface area contributed by atoms with Crippen LogP contribution in [-0.2, 0) is 12.8 Å². The van der Waals surface area contributed by atoms with Gasteiger partial charge < -0.3 is 14.8 Å². The number of ether oxygens (including phenoxy) is 2. The minimum absolute atomic E-state index is 0.0190. The Hall–Kier alpha value is -3.34. The maximum Gasteiger partial charge on any atom is 0.251 e. The third-order valence-corrected chi connectivity index (χ3v) is 6.31. The Morgan fingerprint density at radius 2 is 1.80 bits per heavy atom. The lowest BCUT2D eigenvalue weighted by Crippen LogP contribution is -2.32. The van der Waals surface area contributed by atoms with Gasteiger partial charge in [0.25, 0.3) is 5.91 Å². The van der Waals surface area contributed by atoms with Crippen LogP contribution in [0.5, 0.6) is 11.5 Å². The van der Waals surface area contributed by atoms with Gasteiger partial charge in [-0.05, 0) is 91.6 Å². The van der Waals surface area contributed by atoms with E-state index in [1.165, 1.54) is 11.1 Å². The first-order chi connectivity index (χ1) is 17.0. The lowest BCUT2D eigenvalue weighted by molar-refractivity contribution is 0.0938. The number of hydrogen-bond acceptors (Lipinski definition) is 4. The van der Waals surface area contributed by atoms with Crippen LogP contribution in [0.4, 0.5) is 0 Å². The van der Waals surface area contributed by atoms with E-state index in [2.05, 4.69) is 42.3 Å². The first kappa shape index (κ1) is 26.3. The van der Waals surface area contributed by atoms with Crippen LogP contribution in [0.25, 0.3) is 11.1 Å². The van der Waals surface area contributed by atoms with Gasteiger partial charge in [0.15, 0.2) is 11.5 Å². The summed E-state index contributed by atoms with van der Waals surface area (Å²) in [6.07, 6.45) is 10.9. The smallest absolute Gasteiger partial charge is 0.251 e. The molecule has 0 aliphatic carbocycles. The van der Waals surface area contributed by atoms with Crippen LogP contribution in [0.2, 0.25) is 0 Å². The van der Waals surface area contributed by atoms with Crippen molar-refractivity contribution in [3.05, 3.63) is 77.6 Å². The lowest BCUT2D eigenvalue weighted by atomic mass is 9.93. The van der Waals surface area contributed by atoms with E-state index in [4.69, 9.17) is 9.47 Å². The largest absolute Gasteiger partial charge is 0.493 e. The average Bonchev–Trinajstić information content (AvgIpc) is 2.89. The molecule has 35 heavy (non-hydrogen) atoms. The van der Waals surface area contributed by atoms with Gasteiger partial charge in [0.05, 0.1) is 14.2 Å². The molecule has 3 rings (SSSR count). The van der Waals surface area contributed by atoms with Crippen LogP contribution in [0.1, 0.15) is 67.4 Å². The summed E-state index contributed by atoms with van der Waals surface area (Å²) in [4.78, 5) is 17.2. The number of amides is 1. The maximum atomic E-state index is 13.0. The molecule has 1 unspecified atom stereocenters. The number of pyridine rings is 1. The van der Waals surface area contributed by atoms with E-state index in [1.54, 1.807) is 20.4 Å². The van der Waals surface area contributed by atoms with Crippen LogP contribution in [0, 0.1) is 0 Å². The molecule has 186 valence electrons. The second kappa shape index (κ2) is 13.5. The fourth-order valence-corrected chi connectivity index (χ4v) is 4.33. The Morgan fingerprint density at radius 3 is 2.51 bits per heavy atom. The van der Waals surface area contributed by atoms with Crippen LogP contribution in [0.15, 0.2) is 60.9 Å². The van der Waals surface area contributed by atoms with Gasteiger partial charge in [-0.3, -0.25) is 9.78 Å². The molecule has 0 bridgehead atoms. The lowest BCUT2D eigenvalue weighted by Gasteiger charge is -2.17. The summed E-state index contributed by atoms with van der Waals surface area (Å²) in [5.74, 6) is 1.39. The molecule has 0 saturated carbocycles. The number of carbonyl (C=O) groups excluding carboxylic acids is 1. The van der Waals surface area contributed by atoms with Crippen molar-refractivity contribution in [2.75, 3.05) is 14.2 Å². The van der Waals surface area contributed by atoms with E-state index < -0.39 is 0 Å². The quantitative estimate of drug-likeness (QED) is 0.282. The number of carbonyl (C=O) groups is 1. The minimum Gasteiger partial charge on any atom is -0.493 e. The molecule has 0 radical (unpaired) electrons. The summed E-state index contributed by atoms with van der Waals surface area (Å²) in [5.41, 5.74) is 5.31. The summed E-state index contributed by atoms with van der Waals surface area (Å²) in [5, 5.41) is 3.18. The Bertz CT molecular complexity index is 1080. The standard InChI is InChI=1S/C30H38N2O3/c1-5-6-7-13-24-19-26(14-16-27(24)25-15-17-28(34-3)29(20-25)35-4)30(33)32-22(2)10-8-11-23-12-9-18-31-21-23/h9,12,14-22H,5-8,10-11,13H2,1-4H3,(H,32,33). The summed E-state index contributed by atoms with van der Waals surface area (Å²) >= 11 is 0. The second-order valence-electron chi connectivity index (χ2n) is 9.03. The molecule has 0 spiro atoms. The molecule has 1 heterocycles. The van der Waals surface area contributed by atoms with Gasteiger partial charge in [-0.1, -0.05) is 38.0 Å². The van der Waals surface area contributed by atoms with Crippen molar-refractivity contribution in [2.24, 2.45) is 0 Å². The predicted octanol–water partition coefficient (Wildman–Crippen LogP) is 6.64. The van der Waals surface area contributed by atoms with Crippen LogP contribution >= 0.6 is 0 Å². The molecule has 5 nitrogen and oxygen atoms in total. The molecule has 1 atom stereocenters. The Labute approximate surface area is 209 Å². The third kappa shape index (κ3) is 7.57. The van der Waals surface area contributed by atoms with Crippen molar-refractivity contribution in [1.82, 2.24) is 10.3 Å². The summed E-state index contributed by atoms with van der Waals surface area (Å²) < 4.78 is 10.9. The van der Waals surface area contributed by atoms with E-state index in [0.29, 0.717) is 17.1 Å². The van der Waals surface area contributed by atoms with Gasteiger partial charge in [-0.15, -0.1) is 0 Å². The van der Waals surface area contributed by atoms with Gasteiger partial charge in [-0.2, -0.15) is 0 Å². The molecule has 1 amide bonds. The molecule has 1 aromatic heterocycles. The van der Waals surface area contributed by atoms with Gasteiger partial charge >= 0.3 is 0 Å². The van der Waals surface area contributed by atoms with Crippen molar-refractivity contribution in [1.29, 1.82) is 0 Å². The van der Waals surface area contributed by atoms with Crippen molar-refractivity contribution < 1.29 is 14.3 Å². The van der Waals surface area contributed by atoms with Crippen molar-refractivity contribution in [3.8, 4) is 22.6 Å². The number of aryl methyl sites for hydroxylation is 2. The summed E-state index contributed by atoms with van der Waals surface area (Å²) in [7, 11) is 3.29. The number of methoxy groups -OCH3 is 2. The summed E-state index contributed by atoms with van der Waals surface area (Å²) in [6, 6.07) is 16.2. The molecule has 0 fully saturated rings. The normalized spacial score (nSPS) is 11.7. The number of hydrogen-bond donors (Lipinski definition) is 1. The highest BCUT2D eigenvalue weighted by molar-refractivity contribution is 5.95. The fraction of sp³-hybridized carbons (Fsp3) is 0.400. The molecule has 0 aliphatic heterocycles. The Balaban J connectivity index is 1.72. The van der Waals surface area contributed by atoms with E-state index >= 15 is 0 Å². The zero-order valence-corrected chi connectivity index (χ0v) is 21.5. The van der Waals surface area contributed by atoms with Crippen molar-refractivity contribution in [3.63, 3.8) is 0 Å². The monoisotopic (exact) mass is 474 g/mol. The molecule has 0 aliphatic rings. The summed E-state index contributed by atoms with van der Waals surface area (Å²) in [6.45, 7) is 4.27. The first-order valence-corrected chi connectivity index (χ1v) is 12.6. The number of nitrogens with one attached hydrogen (secondary N) is 1. The van der Waals surface area contributed by atoms with Crippen LogP contribution < -0.4 is 14.8 Å². The van der Waals surface area contributed by atoms with Crippen molar-refractivity contribution in [2.45, 2.75) is 64.8 Å². The third-order valence-electron chi connectivity index (χ3n) is 6.31. The molecule has 2 aromatic carbocycles. The SMILES string of the molecule is CCCCCc1cc(C(=O)NC(C)CCCc2cccnc2)ccc1-c1ccc(OC)c(OC)c1. The number of nitrogens with zero attached hydrogens (tertiary/aromatic N) is 1. The average molecular weight is 475 g/mol. The number of unbranched alkanes of at least 4 members (excludes halogenated alkanes) is 2. The van der Waals surface area contributed by atoms with Gasteiger partial charge in [0.2, 0.25) is 0 Å². The van der Waals surface area contributed by atoms with E-state index in [0.717, 1.165) is 56.1 Å². The van der Waals surface area contributed by atoms with Gasteiger partial charge in [-0.25, -0.2) is 0 Å². The first-order valence-electron chi connectivity index (χ1n) is 12.6. The van der Waals surface area contributed by atoms with Crippen LogP contribution in [-0.4, -0.2) is 31.2 Å². The molecule has 1 N–H and O–H groups in total. The number of aromatic nitrogens is 1.